The number of benzene rings is 4. The third-order valence-corrected chi connectivity index (χ3v) is 10.3. The summed E-state index contributed by atoms with van der Waals surface area (Å²) in [6.07, 6.45) is 1.14. The lowest BCUT2D eigenvalue weighted by atomic mass is 10.2. The molecule has 0 aromatic heterocycles. The molecule has 5 heteroatoms. The highest BCUT2D eigenvalue weighted by molar-refractivity contribution is 8.93. The van der Waals surface area contributed by atoms with Gasteiger partial charge in [-0.05, 0) is 43.3 Å². The van der Waals surface area contributed by atoms with Crippen molar-refractivity contribution in [3.63, 3.8) is 0 Å². The van der Waals surface area contributed by atoms with Crippen LogP contribution >= 0.6 is 41.2 Å². The average molecular weight is 599 g/mol. The molecule has 0 fully saturated rings. The van der Waals surface area contributed by atoms with E-state index in [4.69, 9.17) is 0 Å². The van der Waals surface area contributed by atoms with Crippen molar-refractivity contribution in [3.8, 4) is 0 Å². The number of aliphatic imine (C=N–C) groups is 1. The van der Waals surface area contributed by atoms with Gasteiger partial charge >= 0.3 is 0 Å². The number of amidine groups is 1. The number of hydrogen-bond acceptors (Lipinski definition) is 2. The molecule has 1 N–H and O–H groups in total. The second kappa shape index (κ2) is 14.2. The number of nitrogens with zero attached hydrogens (tertiary/aromatic N) is 1. The molecule has 176 valence electrons. The van der Waals surface area contributed by atoms with Gasteiger partial charge in [-0.2, -0.15) is 0 Å². The van der Waals surface area contributed by atoms with E-state index in [2.05, 4.69) is 120 Å². The topological polar surface area (TPSA) is 24.4 Å². The molecule has 0 amide bonds. The van der Waals surface area contributed by atoms with Crippen LogP contribution in [0.5, 0.6) is 0 Å². The first kappa shape index (κ1) is 28.0. The molecule has 4 aromatic rings. The van der Waals surface area contributed by atoms with Crippen molar-refractivity contribution in [1.29, 1.82) is 0 Å². The zero-order chi connectivity index (χ0) is 22.1. The van der Waals surface area contributed by atoms with Gasteiger partial charge in [-0.15, -0.1) is 34.0 Å². The Morgan fingerprint density at radius 3 is 1.32 bits per heavy atom. The largest absolute Gasteiger partial charge is 0.368 e. The third kappa shape index (κ3) is 6.44. The molecule has 0 bridgehead atoms. The van der Waals surface area contributed by atoms with Gasteiger partial charge in [-0.25, -0.2) is 0 Å². The van der Waals surface area contributed by atoms with Crippen molar-refractivity contribution < 1.29 is 0 Å². The van der Waals surface area contributed by atoms with Crippen molar-refractivity contribution in [2.75, 3.05) is 19.3 Å². The van der Waals surface area contributed by atoms with Gasteiger partial charge < -0.3 is 5.32 Å². The van der Waals surface area contributed by atoms with Crippen molar-refractivity contribution >= 4 is 63.0 Å². The van der Waals surface area contributed by atoms with Gasteiger partial charge in [0, 0.05) is 12.1 Å². The van der Waals surface area contributed by atoms with E-state index in [1.165, 1.54) is 21.5 Å². The monoisotopic (exact) mass is 597 g/mol. The average Bonchev–Trinajstić information content (AvgIpc) is 3.43. The zero-order valence-corrected chi connectivity index (χ0v) is 23.7. The van der Waals surface area contributed by atoms with E-state index >= 15 is 0 Å². The van der Waals surface area contributed by atoms with Gasteiger partial charge in [-0.1, -0.05) is 84.9 Å². The minimum atomic E-state index is -1.53. The highest BCUT2D eigenvalue weighted by Gasteiger charge is 2.43. The molecule has 1 aliphatic rings. The minimum absolute atomic E-state index is 0. The molecule has 4 aromatic carbocycles. The van der Waals surface area contributed by atoms with Gasteiger partial charge in [0.25, 0.3) is 0 Å². The van der Waals surface area contributed by atoms with E-state index in [-0.39, 0.29) is 34.0 Å². The number of halogens is 2. The smallest absolute Gasteiger partial charge is 0.128 e. The molecule has 1 heterocycles. The molecular formula is C29H32Br2N2P+. The summed E-state index contributed by atoms with van der Waals surface area (Å²) in [6, 6.07) is 43.2. The Kier molecular flexibility index (Phi) is 11.7. The van der Waals surface area contributed by atoms with Crippen LogP contribution in [0.15, 0.2) is 126 Å². The Hall–Kier alpha value is -2.26. The summed E-state index contributed by atoms with van der Waals surface area (Å²) in [4.78, 5) is 4.31. The maximum absolute atomic E-state index is 4.31. The molecule has 0 atom stereocenters. The van der Waals surface area contributed by atoms with Crippen LogP contribution in [0, 0.1) is 0 Å². The first-order chi connectivity index (χ1) is 15.8. The van der Waals surface area contributed by atoms with E-state index in [0.717, 1.165) is 25.1 Å². The van der Waals surface area contributed by atoms with Gasteiger partial charge in [0.1, 0.15) is 29.0 Å². The van der Waals surface area contributed by atoms with Crippen LogP contribution in [0.25, 0.3) is 0 Å². The molecule has 0 spiro atoms. The summed E-state index contributed by atoms with van der Waals surface area (Å²) < 4.78 is 0. The SMILES string of the molecule is Br.Br.CC[P+](c1ccccc1)(c1ccccc1)c1ccccc1.c1ccc(C2=NCCN2)cc1. The fourth-order valence-corrected chi connectivity index (χ4v) is 8.26. The molecule has 0 saturated carbocycles. The van der Waals surface area contributed by atoms with Crippen molar-refractivity contribution in [2.45, 2.75) is 6.92 Å². The van der Waals surface area contributed by atoms with Crippen LogP contribution < -0.4 is 21.2 Å². The van der Waals surface area contributed by atoms with Gasteiger partial charge in [0.2, 0.25) is 0 Å². The molecule has 0 radical (unpaired) electrons. The quantitative estimate of drug-likeness (QED) is 0.272. The lowest BCUT2D eigenvalue weighted by Gasteiger charge is -2.26. The maximum Gasteiger partial charge on any atom is 0.128 e. The van der Waals surface area contributed by atoms with Crippen LogP contribution in [-0.2, 0) is 0 Å². The Balaban J connectivity index is 0.000000267. The summed E-state index contributed by atoms with van der Waals surface area (Å²) >= 11 is 0. The number of rotatable bonds is 5. The van der Waals surface area contributed by atoms with Crippen LogP contribution in [-0.4, -0.2) is 25.1 Å². The standard InChI is InChI=1S/C20H20P.C9H10N2.2BrH/c1-2-21(18-12-6-3-7-13-18,19-14-8-4-9-15-19)20-16-10-5-11-17-20;1-2-4-8(5-3-1)9-10-6-7-11-9;;/h3-17H,2H2,1H3;1-5H,6-7H2,(H,10,11);2*1H/q+1;;;. The van der Waals surface area contributed by atoms with E-state index in [1.807, 2.05) is 18.2 Å². The molecule has 2 nitrogen and oxygen atoms in total. The number of hydrogen-bond donors (Lipinski definition) is 1. The van der Waals surface area contributed by atoms with Crippen LogP contribution in [0.4, 0.5) is 0 Å². The van der Waals surface area contributed by atoms with E-state index in [1.54, 1.807) is 0 Å². The maximum atomic E-state index is 4.31. The van der Waals surface area contributed by atoms with Crippen LogP contribution in [0.2, 0.25) is 0 Å². The Bertz CT molecular complexity index is 1030. The van der Waals surface area contributed by atoms with Crippen LogP contribution in [0.3, 0.4) is 0 Å². The summed E-state index contributed by atoms with van der Waals surface area (Å²) in [5.41, 5.74) is 1.19. The fourth-order valence-electron chi connectivity index (χ4n) is 4.23. The fraction of sp³-hybridized carbons (Fsp3) is 0.138. The highest BCUT2D eigenvalue weighted by Crippen LogP contribution is 2.54. The second-order valence-electron chi connectivity index (χ2n) is 7.66. The number of nitrogens with one attached hydrogen (secondary N) is 1. The third-order valence-electron chi connectivity index (χ3n) is 5.79. The summed E-state index contributed by atoms with van der Waals surface area (Å²) in [5, 5.41) is 7.61. The van der Waals surface area contributed by atoms with E-state index < -0.39 is 7.26 Å². The zero-order valence-electron chi connectivity index (χ0n) is 19.4. The second-order valence-corrected chi connectivity index (χ2v) is 11.5. The van der Waals surface area contributed by atoms with Crippen molar-refractivity contribution in [1.82, 2.24) is 5.32 Å². The van der Waals surface area contributed by atoms with E-state index in [0.29, 0.717) is 0 Å². The Morgan fingerprint density at radius 2 is 1.00 bits per heavy atom. The van der Waals surface area contributed by atoms with Gasteiger partial charge in [0.05, 0.1) is 12.7 Å². The highest BCUT2D eigenvalue weighted by atomic mass is 79.9. The Labute approximate surface area is 225 Å². The molecule has 0 saturated heterocycles. The molecule has 0 unspecified atom stereocenters. The van der Waals surface area contributed by atoms with Gasteiger partial charge in [-0.3, -0.25) is 4.99 Å². The van der Waals surface area contributed by atoms with Gasteiger partial charge in [0.15, 0.2) is 0 Å². The molecule has 5 rings (SSSR count). The summed E-state index contributed by atoms with van der Waals surface area (Å²) in [6.45, 7) is 4.20. The molecule has 1 aliphatic heterocycles. The Morgan fingerprint density at radius 1 is 0.618 bits per heavy atom. The molecule has 0 aliphatic carbocycles. The minimum Gasteiger partial charge on any atom is -0.368 e. The predicted octanol–water partition coefficient (Wildman–Crippen LogP) is 6.19. The first-order valence-electron chi connectivity index (χ1n) is 11.2. The van der Waals surface area contributed by atoms with E-state index in [9.17, 15) is 0 Å². The first-order valence-corrected chi connectivity index (χ1v) is 13.2. The van der Waals surface area contributed by atoms with Crippen molar-refractivity contribution in [2.24, 2.45) is 4.99 Å². The predicted molar refractivity (Wildman–Crippen MR) is 162 cm³/mol. The normalized spacial score (nSPS) is 12.1. The van der Waals surface area contributed by atoms with Crippen LogP contribution in [0.1, 0.15) is 12.5 Å². The lowest BCUT2D eigenvalue weighted by molar-refractivity contribution is 0.960. The summed E-state index contributed by atoms with van der Waals surface area (Å²) in [5.74, 6) is 1.03. The molecular weight excluding hydrogens is 567 g/mol. The lowest BCUT2D eigenvalue weighted by Crippen LogP contribution is -2.32. The molecule has 34 heavy (non-hydrogen) atoms. The van der Waals surface area contributed by atoms with Crippen molar-refractivity contribution in [3.05, 3.63) is 127 Å². The summed E-state index contributed by atoms with van der Waals surface area (Å²) in [7, 11) is -1.53.